The normalized spacial score (nSPS) is 9.74. The van der Waals surface area contributed by atoms with Gasteiger partial charge in [0, 0.05) is 19.8 Å². The van der Waals surface area contributed by atoms with Crippen molar-refractivity contribution >= 4 is 28.4 Å². The summed E-state index contributed by atoms with van der Waals surface area (Å²) in [5.74, 6) is -0.0896. The Bertz CT molecular complexity index is 784. The van der Waals surface area contributed by atoms with Gasteiger partial charge in [-0.3, -0.25) is 9.48 Å². The van der Waals surface area contributed by atoms with Crippen LogP contribution in [0.5, 0.6) is 0 Å². The van der Waals surface area contributed by atoms with Gasteiger partial charge < -0.3 is 5.73 Å². The number of ketones is 1. The van der Waals surface area contributed by atoms with Crippen molar-refractivity contribution < 1.29 is 4.79 Å². The number of Topliss-reactive ketones (excluding diaryl/α,β-unsaturated/α-hetero) is 1. The van der Waals surface area contributed by atoms with Crippen molar-refractivity contribution in [2.75, 3.05) is 0 Å². The monoisotopic (exact) mass is 332 g/mol. The van der Waals surface area contributed by atoms with Crippen LogP contribution >= 0.6 is 11.6 Å². The first-order valence-corrected chi connectivity index (χ1v) is 7.13. The number of benzene rings is 1. The lowest BCUT2D eigenvalue weighted by atomic mass is 10.2. The Morgan fingerprint density at radius 1 is 1.26 bits per heavy atom. The van der Waals surface area contributed by atoms with E-state index in [1.807, 2.05) is 30.3 Å². The SMILES string of the molecule is C.CC(=O)c1cnc2c(cnn2C)c1Cl.NCc1ccccc1. The summed E-state index contributed by atoms with van der Waals surface area (Å²) in [7, 11) is 1.78. The molecule has 0 unspecified atom stereocenters. The van der Waals surface area contributed by atoms with Gasteiger partial charge in [0.15, 0.2) is 11.4 Å². The molecule has 122 valence electrons. The molecule has 3 aromatic rings. The first-order valence-electron chi connectivity index (χ1n) is 6.75. The number of hydrogen-bond donors (Lipinski definition) is 1. The molecule has 0 atom stereocenters. The minimum atomic E-state index is -0.0896. The van der Waals surface area contributed by atoms with Gasteiger partial charge >= 0.3 is 0 Å². The quantitative estimate of drug-likeness (QED) is 0.727. The zero-order valence-corrected chi connectivity index (χ0v) is 13.2. The van der Waals surface area contributed by atoms with Gasteiger partial charge in [0.05, 0.1) is 22.2 Å². The van der Waals surface area contributed by atoms with Gasteiger partial charge in [-0.05, 0) is 12.5 Å². The molecular weight excluding hydrogens is 312 g/mol. The van der Waals surface area contributed by atoms with E-state index < -0.39 is 0 Å². The van der Waals surface area contributed by atoms with Gasteiger partial charge in [0.25, 0.3) is 0 Å². The van der Waals surface area contributed by atoms with Crippen molar-refractivity contribution in [3.05, 3.63) is 58.9 Å². The minimum Gasteiger partial charge on any atom is -0.326 e. The Morgan fingerprint density at radius 3 is 2.43 bits per heavy atom. The van der Waals surface area contributed by atoms with Crippen molar-refractivity contribution in [1.82, 2.24) is 14.8 Å². The van der Waals surface area contributed by atoms with Crippen molar-refractivity contribution in [1.29, 1.82) is 0 Å². The number of nitrogens with zero attached hydrogens (tertiary/aromatic N) is 3. The topological polar surface area (TPSA) is 73.8 Å². The van der Waals surface area contributed by atoms with Crippen LogP contribution < -0.4 is 5.73 Å². The molecule has 0 amide bonds. The van der Waals surface area contributed by atoms with Gasteiger partial charge in [-0.2, -0.15) is 5.10 Å². The number of fused-ring (bicyclic) bond motifs is 1. The highest BCUT2D eigenvalue weighted by atomic mass is 35.5. The van der Waals surface area contributed by atoms with E-state index in [0.29, 0.717) is 28.2 Å². The molecule has 0 saturated heterocycles. The standard InChI is InChI=1S/C9H8ClN3O.C7H9N.CH4/c1-5(14)6-3-11-9-7(8(6)10)4-12-13(9)2;8-6-7-4-2-1-3-5-7;/h3-4H,1-2H3;1-5H,6,8H2;1H4. The largest absolute Gasteiger partial charge is 0.326 e. The number of aromatic nitrogens is 3. The smallest absolute Gasteiger partial charge is 0.162 e. The Kier molecular flexibility index (Phi) is 6.88. The van der Waals surface area contributed by atoms with Crippen LogP contribution in [0.15, 0.2) is 42.7 Å². The van der Waals surface area contributed by atoms with Gasteiger partial charge in [0.1, 0.15) is 0 Å². The van der Waals surface area contributed by atoms with Crippen LogP contribution in [0.2, 0.25) is 5.02 Å². The molecule has 2 aromatic heterocycles. The lowest BCUT2D eigenvalue weighted by Gasteiger charge is -2.00. The molecule has 0 aliphatic rings. The summed E-state index contributed by atoms with van der Waals surface area (Å²) in [6.45, 7) is 2.10. The van der Waals surface area contributed by atoms with E-state index in [9.17, 15) is 4.79 Å². The van der Waals surface area contributed by atoms with Crippen LogP contribution in [-0.2, 0) is 13.6 Å². The van der Waals surface area contributed by atoms with Crippen LogP contribution in [0.3, 0.4) is 0 Å². The molecule has 0 saturated carbocycles. The number of aryl methyl sites for hydroxylation is 1. The third-order valence-corrected chi connectivity index (χ3v) is 3.56. The second kappa shape index (κ2) is 8.41. The average molecular weight is 333 g/mol. The highest BCUT2D eigenvalue weighted by molar-refractivity contribution is 6.38. The van der Waals surface area contributed by atoms with Crippen molar-refractivity contribution in [3.8, 4) is 0 Å². The summed E-state index contributed by atoms with van der Waals surface area (Å²) < 4.78 is 1.62. The zero-order chi connectivity index (χ0) is 16.1. The fourth-order valence-electron chi connectivity index (χ4n) is 1.93. The molecule has 0 radical (unpaired) electrons. The molecule has 0 bridgehead atoms. The van der Waals surface area contributed by atoms with E-state index in [2.05, 4.69) is 10.1 Å². The maximum absolute atomic E-state index is 11.2. The molecule has 3 rings (SSSR count). The second-order valence-electron chi connectivity index (χ2n) is 4.74. The van der Waals surface area contributed by atoms with Gasteiger partial charge in [-0.25, -0.2) is 4.98 Å². The fraction of sp³-hybridized carbons (Fsp3) is 0.235. The Morgan fingerprint density at radius 2 is 1.91 bits per heavy atom. The maximum atomic E-state index is 11.2. The summed E-state index contributed by atoms with van der Waals surface area (Å²) in [4.78, 5) is 15.3. The van der Waals surface area contributed by atoms with E-state index in [1.54, 1.807) is 17.9 Å². The summed E-state index contributed by atoms with van der Waals surface area (Å²) in [6.07, 6.45) is 3.09. The third kappa shape index (κ3) is 4.37. The first-order chi connectivity index (χ1) is 10.5. The summed E-state index contributed by atoms with van der Waals surface area (Å²) in [5.41, 5.74) is 7.66. The first kappa shape index (κ1) is 18.8. The van der Waals surface area contributed by atoms with Crippen molar-refractivity contribution in [2.45, 2.75) is 20.9 Å². The van der Waals surface area contributed by atoms with Crippen LogP contribution in [-0.4, -0.2) is 20.5 Å². The van der Waals surface area contributed by atoms with Gasteiger partial charge in [0.2, 0.25) is 0 Å². The predicted octanol–water partition coefficient (Wildman–Crippen LogP) is 3.61. The van der Waals surface area contributed by atoms with Gasteiger partial charge in [-0.15, -0.1) is 0 Å². The summed E-state index contributed by atoms with van der Waals surface area (Å²) in [5, 5.41) is 5.15. The lowest BCUT2D eigenvalue weighted by molar-refractivity contribution is 0.101. The molecule has 0 spiro atoms. The van der Waals surface area contributed by atoms with Crippen molar-refractivity contribution in [3.63, 3.8) is 0 Å². The summed E-state index contributed by atoms with van der Waals surface area (Å²) >= 11 is 6.04. The number of nitrogens with two attached hydrogens (primary N) is 1. The highest BCUT2D eigenvalue weighted by Gasteiger charge is 2.12. The zero-order valence-electron chi connectivity index (χ0n) is 12.5. The molecule has 2 heterocycles. The molecule has 2 N–H and O–H groups in total. The molecule has 6 heteroatoms. The summed E-state index contributed by atoms with van der Waals surface area (Å²) in [6, 6.07) is 9.99. The minimum absolute atomic E-state index is 0. The predicted molar refractivity (Wildman–Crippen MR) is 94.6 cm³/mol. The van der Waals surface area contributed by atoms with E-state index >= 15 is 0 Å². The lowest BCUT2D eigenvalue weighted by Crippen LogP contribution is -1.97. The van der Waals surface area contributed by atoms with E-state index in [1.165, 1.54) is 18.7 Å². The molecule has 0 aliphatic heterocycles. The number of hydrogen-bond acceptors (Lipinski definition) is 4. The van der Waals surface area contributed by atoms with Crippen LogP contribution in [0.4, 0.5) is 0 Å². The number of halogens is 1. The molecule has 0 aliphatic carbocycles. The van der Waals surface area contributed by atoms with Crippen LogP contribution in [0.1, 0.15) is 30.3 Å². The number of carbonyl (C=O) groups is 1. The Balaban J connectivity index is 0.000000253. The molecule has 5 nitrogen and oxygen atoms in total. The van der Waals surface area contributed by atoms with E-state index in [4.69, 9.17) is 17.3 Å². The van der Waals surface area contributed by atoms with Gasteiger partial charge in [-0.1, -0.05) is 49.4 Å². The molecule has 0 fully saturated rings. The van der Waals surface area contributed by atoms with E-state index in [0.717, 1.165) is 0 Å². The highest BCUT2D eigenvalue weighted by Crippen LogP contribution is 2.25. The number of carbonyl (C=O) groups excluding carboxylic acids is 1. The molecular formula is C17H21ClN4O. The Hall–Kier alpha value is -2.24. The molecule has 23 heavy (non-hydrogen) atoms. The van der Waals surface area contributed by atoms with Crippen molar-refractivity contribution in [2.24, 2.45) is 12.8 Å². The van der Waals surface area contributed by atoms with E-state index in [-0.39, 0.29) is 13.2 Å². The van der Waals surface area contributed by atoms with Crippen LogP contribution in [0, 0.1) is 0 Å². The number of rotatable bonds is 2. The third-order valence-electron chi connectivity index (χ3n) is 3.15. The Labute approximate surface area is 141 Å². The average Bonchev–Trinajstić information content (AvgIpc) is 2.91. The fourth-order valence-corrected chi connectivity index (χ4v) is 2.24. The second-order valence-corrected chi connectivity index (χ2v) is 5.12. The van der Waals surface area contributed by atoms with Crippen LogP contribution in [0.25, 0.3) is 11.0 Å². The maximum Gasteiger partial charge on any atom is 0.162 e. The number of pyridine rings is 1. The molecule has 1 aromatic carbocycles.